The number of aryl methyl sites for hydroxylation is 2. The van der Waals surface area contributed by atoms with Gasteiger partial charge in [0.15, 0.2) is 11.0 Å². The molecule has 0 aliphatic heterocycles. The monoisotopic (exact) mass is 409 g/mol. The summed E-state index contributed by atoms with van der Waals surface area (Å²) >= 11 is 2.87. The highest BCUT2D eigenvalue weighted by molar-refractivity contribution is 7.99. The Bertz CT molecular complexity index is 1090. The molecule has 0 unspecified atom stereocenters. The number of carbonyl (C=O) groups is 1. The Balaban J connectivity index is 1.44. The van der Waals surface area contributed by atoms with E-state index in [0.29, 0.717) is 15.7 Å². The first-order valence-electron chi connectivity index (χ1n) is 9.01. The fourth-order valence-corrected chi connectivity index (χ4v) is 5.37. The Labute approximate surface area is 171 Å². The van der Waals surface area contributed by atoms with Crippen molar-refractivity contribution in [2.75, 3.05) is 11.1 Å². The summed E-state index contributed by atoms with van der Waals surface area (Å²) < 4.78 is 1.90. The molecule has 3 aromatic rings. The molecule has 0 atom stereocenters. The SMILES string of the molecule is Cc1ccccc1-c1nnc(SCC(=O)Nc2sc3c(c2C#N)CCC3)n1C. The van der Waals surface area contributed by atoms with E-state index in [1.54, 1.807) is 0 Å². The highest BCUT2D eigenvalue weighted by atomic mass is 32.2. The van der Waals surface area contributed by atoms with E-state index in [4.69, 9.17) is 0 Å². The van der Waals surface area contributed by atoms with Gasteiger partial charge in [0.25, 0.3) is 0 Å². The summed E-state index contributed by atoms with van der Waals surface area (Å²) in [6.45, 7) is 2.04. The summed E-state index contributed by atoms with van der Waals surface area (Å²) in [7, 11) is 1.90. The first-order valence-corrected chi connectivity index (χ1v) is 10.8. The molecule has 0 saturated carbocycles. The van der Waals surface area contributed by atoms with Crippen molar-refractivity contribution in [3.63, 3.8) is 0 Å². The first kappa shape index (κ1) is 18.7. The minimum absolute atomic E-state index is 0.137. The van der Waals surface area contributed by atoms with Crippen molar-refractivity contribution in [2.24, 2.45) is 7.05 Å². The largest absolute Gasteiger partial charge is 0.316 e. The minimum atomic E-state index is -0.137. The number of aromatic nitrogens is 3. The second-order valence-corrected chi connectivity index (χ2v) is 8.74. The van der Waals surface area contributed by atoms with Crippen LogP contribution in [0.5, 0.6) is 0 Å². The number of nitriles is 1. The number of anilines is 1. The Hall–Kier alpha value is -2.63. The van der Waals surface area contributed by atoms with Gasteiger partial charge in [0.2, 0.25) is 5.91 Å². The van der Waals surface area contributed by atoms with Crippen LogP contribution >= 0.6 is 23.1 Å². The van der Waals surface area contributed by atoms with Crippen molar-refractivity contribution >= 4 is 34.0 Å². The fraction of sp³-hybridized carbons (Fsp3) is 0.300. The van der Waals surface area contributed by atoms with Gasteiger partial charge in [0.1, 0.15) is 11.1 Å². The molecule has 1 N–H and O–H groups in total. The number of carbonyl (C=O) groups excluding carboxylic acids is 1. The molecule has 0 fully saturated rings. The summed E-state index contributed by atoms with van der Waals surface area (Å²) in [6.07, 6.45) is 3.02. The van der Waals surface area contributed by atoms with Crippen LogP contribution in [0.15, 0.2) is 29.4 Å². The maximum absolute atomic E-state index is 12.4. The highest BCUT2D eigenvalue weighted by Gasteiger charge is 2.23. The molecule has 2 heterocycles. The molecule has 8 heteroatoms. The third-order valence-electron chi connectivity index (χ3n) is 4.84. The molecule has 1 amide bonds. The third kappa shape index (κ3) is 3.43. The number of thiophene rings is 1. The van der Waals surface area contributed by atoms with Crippen LogP contribution in [0, 0.1) is 18.3 Å². The number of hydrogen-bond donors (Lipinski definition) is 1. The molecule has 28 heavy (non-hydrogen) atoms. The van der Waals surface area contributed by atoms with E-state index in [1.807, 2.05) is 42.8 Å². The lowest BCUT2D eigenvalue weighted by Crippen LogP contribution is -2.14. The van der Waals surface area contributed by atoms with Crippen LogP contribution in [-0.2, 0) is 24.7 Å². The summed E-state index contributed by atoms with van der Waals surface area (Å²) in [5.41, 5.74) is 3.91. The first-order chi connectivity index (χ1) is 13.6. The lowest BCUT2D eigenvalue weighted by Gasteiger charge is -2.06. The Kier molecular flexibility index (Phi) is 5.20. The van der Waals surface area contributed by atoms with Gasteiger partial charge < -0.3 is 9.88 Å². The van der Waals surface area contributed by atoms with Gasteiger partial charge in [-0.2, -0.15) is 5.26 Å². The normalized spacial score (nSPS) is 12.6. The lowest BCUT2D eigenvalue weighted by molar-refractivity contribution is -0.113. The molecule has 0 saturated heterocycles. The maximum atomic E-state index is 12.4. The van der Waals surface area contributed by atoms with Crippen LogP contribution in [0.1, 0.15) is 28.0 Å². The van der Waals surface area contributed by atoms with Gasteiger partial charge in [-0.25, -0.2) is 0 Å². The van der Waals surface area contributed by atoms with E-state index in [9.17, 15) is 10.1 Å². The van der Waals surface area contributed by atoms with E-state index in [-0.39, 0.29) is 11.7 Å². The van der Waals surface area contributed by atoms with Gasteiger partial charge >= 0.3 is 0 Å². The molecular weight excluding hydrogens is 390 g/mol. The van der Waals surface area contributed by atoms with Crippen LogP contribution in [-0.4, -0.2) is 26.4 Å². The zero-order valence-corrected chi connectivity index (χ0v) is 17.3. The zero-order valence-electron chi connectivity index (χ0n) is 15.7. The van der Waals surface area contributed by atoms with Crippen molar-refractivity contribution in [1.82, 2.24) is 14.8 Å². The average Bonchev–Trinajstić information content (AvgIpc) is 3.35. The summed E-state index contributed by atoms with van der Waals surface area (Å²) in [5.74, 6) is 0.858. The lowest BCUT2D eigenvalue weighted by atomic mass is 10.1. The van der Waals surface area contributed by atoms with Crippen molar-refractivity contribution in [2.45, 2.75) is 31.3 Å². The zero-order chi connectivity index (χ0) is 19.7. The summed E-state index contributed by atoms with van der Waals surface area (Å²) in [4.78, 5) is 13.7. The Morgan fingerprint density at radius 2 is 2.18 bits per heavy atom. The Morgan fingerprint density at radius 1 is 1.36 bits per heavy atom. The molecule has 1 aliphatic rings. The molecule has 0 radical (unpaired) electrons. The molecule has 1 aromatic carbocycles. The van der Waals surface area contributed by atoms with Crippen LogP contribution < -0.4 is 5.32 Å². The predicted molar refractivity (Wildman–Crippen MR) is 112 cm³/mol. The van der Waals surface area contributed by atoms with Gasteiger partial charge in [-0.05, 0) is 37.3 Å². The predicted octanol–water partition coefficient (Wildman–Crippen LogP) is 3.94. The van der Waals surface area contributed by atoms with Crippen molar-refractivity contribution < 1.29 is 4.79 Å². The van der Waals surface area contributed by atoms with Crippen molar-refractivity contribution in [3.05, 3.63) is 45.8 Å². The van der Waals surface area contributed by atoms with Crippen LogP contribution in [0.2, 0.25) is 0 Å². The number of nitrogens with one attached hydrogen (secondary N) is 1. The molecule has 0 spiro atoms. The highest BCUT2D eigenvalue weighted by Crippen LogP contribution is 2.38. The van der Waals surface area contributed by atoms with Crippen LogP contribution in [0.3, 0.4) is 0 Å². The number of amides is 1. The number of fused-ring (bicyclic) bond motifs is 1. The average molecular weight is 410 g/mol. The molecule has 0 bridgehead atoms. The second-order valence-electron chi connectivity index (χ2n) is 6.69. The fourth-order valence-electron chi connectivity index (χ4n) is 3.40. The third-order valence-corrected chi connectivity index (χ3v) is 7.07. The van der Waals surface area contributed by atoms with Gasteiger partial charge in [0.05, 0.1) is 11.3 Å². The van der Waals surface area contributed by atoms with E-state index in [2.05, 4.69) is 21.6 Å². The topological polar surface area (TPSA) is 83.6 Å². The van der Waals surface area contributed by atoms with Gasteiger partial charge in [-0.15, -0.1) is 21.5 Å². The van der Waals surface area contributed by atoms with Crippen LogP contribution in [0.25, 0.3) is 11.4 Å². The number of nitrogens with zero attached hydrogens (tertiary/aromatic N) is 4. The van der Waals surface area contributed by atoms with Crippen molar-refractivity contribution in [1.29, 1.82) is 5.26 Å². The molecular formula is C20H19N5OS2. The second kappa shape index (κ2) is 7.78. The number of rotatable bonds is 5. The standard InChI is InChI=1S/C20H19N5OS2/c1-12-6-3-4-7-13(12)18-23-24-20(25(18)2)27-11-17(26)22-19-15(10-21)14-8-5-9-16(14)28-19/h3-4,6-7H,5,8-9,11H2,1-2H3,(H,22,26). The van der Waals surface area contributed by atoms with E-state index < -0.39 is 0 Å². The quantitative estimate of drug-likeness (QED) is 0.645. The molecule has 142 valence electrons. The Morgan fingerprint density at radius 3 is 2.96 bits per heavy atom. The number of benzene rings is 1. The van der Waals surface area contributed by atoms with Crippen LogP contribution in [0.4, 0.5) is 5.00 Å². The van der Waals surface area contributed by atoms with Gasteiger partial charge in [-0.3, -0.25) is 4.79 Å². The van der Waals surface area contributed by atoms with E-state index in [1.165, 1.54) is 28.0 Å². The molecule has 6 nitrogen and oxygen atoms in total. The minimum Gasteiger partial charge on any atom is -0.316 e. The summed E-state index contributed by atoms with van der Waals surface area (Å²) in [6, 6.07) is 10.3. The van der Waals surface area contributed by atoms with E-state index >= 15 is 0 Å². The summed E-state index contributed by atoms with van der Waals surface area (Å²) in [5, 5.41) is 22.2. The maximum Gasteiger partial charge on any atom is 0.235 e. The smallest absolute Gasteiger partial charge is 0.235 e. The molecule has 2 aromatic heterocycles. The van der Waals surface area contributed by atoms with Gasteiger partial charge in [0, 0.05) is 17.5 Å². The number of thioether (sulfide) groups is 1. The van der Waals surface area contributed by atoms with Crippen molar-refractivity contribution in [3.8, 4) is 17.5 Å². The molecule has 4 rings (SSSR count). The number of hydrogen-bond acceptors (Lipinski definition) is 6. The van der Waals surface area contributed by atoms with Gasteiger partial charge in [-0.1, -0.05) is 36.0 Å². The van der Waals surface area contributed by atoms with E-state index in [0.717, 1.165) is 41.8 Å². The molecule has 1 aliphatic carbocycles.